The second kappa shape index (κ2) is 4.67. The van der Waals surface area contributed by atoms with E-state index in [2.05, 4.69) is 11.9 Å². The number of hydrogen-bond donors (Lipinski definition) is 1. The Balaban J connectivity index is 2.68. The third-order valence-electron chi connectivity index (χ3n) is 1.48. The average molecular weight is 196 g/mol. The smallest absolute Gasteiger partial charge is 0.228 e. The molecule has 1 aromatic carbocycles. The van der Waals surface area contributed by atoms with Crippen LogP contribution in [0.3, 0.4) is 0 Å². The van der Waals surface area contributed by atoms with Crippen molar-refractivity contribution in [1.29, 1.82) is 0 Å². The Kier molecular flexibility index (Phi) is 3.53. The molecule has 0 saturated carbocycles. The number of halogens is 1. The molecule has 0 heterocycles. The summed E-state index contributed by atoms with van der Waals surface area (Å²) in [7, 11) is 0. The van der Waals surface area contributed by atoms with Crippen molar-refractivity contribution in [1.82, 2.24) is 0 Å². The van der Waals surface area contributed by atoms with Gasteiger partial charge in [-0.3, -0.25) is 4.79 Å². The minimum Gasteiger partial charge on any atom is -0.324 e. The van der Waals surface area contributed by atoms with Crippen molar-refractivity contribution >= 4 is 23.2 Å². The van der Waals surface area contributed by atoms with Gasteiger partial charge in [0.2, 0.25) is 5.91 Å². The number of benzene rings is 1. The zero-order valence-corrected chi connectivity index (χ0v) is 7.84. The third kappa shape index (κ3) is 2.92. The molecule has 0 fully saturated rings. The minimum absolute atomic E-state index is 0.108. The fourth-order valence-electron chi connectivity index (χ4n) is 0.895. The van der Waals surface area contributed by atoms with E-state index >= 15 is 0 Å². The molecule has 13 heavy (non-hydrogen) atoms. The summed E-state index contributed by atoms with van der Waals surface area (Å²) in [4.78, 5) is 11.1. The Morgan fingerprint density at radius 2 is 2.23 bits per heavy atom. The highest BCUT2D eigenvalue weighted by Crippen LogP contribution is 2.20. The van der Waals surface area contributed by atoms with Crippen LogP contribution < -0.4 is 5.32 Å². The number of anilines is 1. The molecule has 1 rings (SSSR count). The predicted molar refractivity (Wildman–Crippen MR) is 54.9 cm³/mol. The van der Waals surface area contributed by atoms with E-state index in [0.29, 0.717) is 17.1 Å². The average Bonchev–Trinajstić information content (AvgIpc) is 2.09. The third-order valence-corrected chi connectivity index (χ3v) is 1.81. The lowest BCUT2D eigenvalue weighted by Gasteiger charge is -2.04. The van der Waals surface area contributed by atoms with Crippen LogP contribution in [0.1, 0.15) is 6.42 Å². The second-order valence-electron chi connectivity index (χ2n) is 2.52. The second-order valence-corrected chi connectivity index (χ2v) is 2.93. The van der Waals surface area contributed by atoms with Crippen molar-refractivity contribution in [2.24, 2.45) is 0 Å². The lowest BCUT2D eigenvalue weighted by Crippen LogP contribution is -2.09. The summed E-state index contributed by atoms with van der Waals surface area (Å²) in [6.07, 6.45) is 1.84. The van der Waals surface area contributed by atoms with E-state index in [9.17, 15) is 4.79 Å². The molecule has 0 atom stereocenters. The van der Waals surface area contributed by atoms with Gasteiger partial charge in [0.25, 0.3) is 0 Å². The standard InChI is InChI=1S/C10H10ClNO/c1-2-5-10(13)12-9-7-4-3-6-8(9)11/h2-4,6-7H,1,5H2,(H,12,13). The lowest BCUT2D eigenvalue weighted by molar-refractivity contribution is -0.115. The summed E-state index contributed by atoms with van der Waals surface area (Å²) in [5.74, 6) is -0.108. The van der Waals surface area contributed by atoms with E-state index in [-0.39, 0.29) is 5.91 Å². The van der Waals surface area contributed by atoms with Gasteiger partial charge in [0.1, 0.15) is 0 Å². The summed E-state index contributed by atoms with van der Waals surface area (Å²) in [6, 6.07) is 7.11. The van der Waals surface area contributed by atoms with Crippen LogP contribution in [0.4, 0.5) is 5.69 Å². The highest BCUT2D eigenvalue weighted by atomic mass is 35.5. The first-order valence-corrected chi connectivity index (χ1v) is 4.27. The maximum atomic E-state index is 11.1. The van der Waals surface area contributed by atoms with Crippen LogP contribution in [0, 0.1) is 0 Å². The number of para-hydroxylation sites is 1. The molecule has 0 bridgehead atoms. The molecule has 2 nitrogen and oxygen atoms in total. The zero-order chi connectivity index (χ0) is 9.68. The highest BCUT2D eigenvalue weighted by Gasteiger charge is 2.01. The largest absolute Gasteiger partial charge is 0.324 e. The van der Waals surface area contributed by atoms with Crippen LogP contribution >= 0.6 is 11.6 Å². The van der Waals surface area contributed by atoms with E-state index in [0.717, 1.165) is 0 Å². The Hall–Kier alpha value is -1.28. The van der Waals surface area contributed by atoms with Crippen molar-refractivity contribution in [2.75, 3.05) is 5.32 Å². The zero-order valence-electron chi connectivity index (χ0n) is 7.09. The van der Waals surface area contributed by atoms with Crippen LogP contribution in [-0.4, -0.2) is 5.91 Å². The van der Waals surface area contributed by atoms with Crippen molar-refractivity contribution in [2.45, 2.75) is 6.42 Å². The van der Waals surface area contributed by atoms with Gasteiger partial charge in [-0.25, -0.2) is 0 Å². The van der Waals surface area contributed by atoms with E-state index in [1.165, 1.54) is 0 Å². The summed E-state index contributed by atoms with van der Waals surface area (Å²) in [5, 5.41) is 3.21. The molecule has 0 aliphatic heterocycles. The molecule has 0 aliphatic rings. The van der Waals surface area contributed by atoms with E-state index in [4.69, 9.17) is 11.6 Å². The van der Waals surface area contributed by atoms with Gasteiger partial charge < -0.3 is 5.32 Å². The molecule has 0 spiro atoms. The minimum atomic E-state index is -0.108. The monoisotopic (exact) mass is 195 g/mol. The molecule has 0 aliphatic carbocycles. The molecule has 0 unspecified atom stereocenters. The van der Waals surface area contributed by atoms with Crippen molar-refractivity contribution < 1.29 is 4.79 Å². The fraction of sp³-hybridized carbons (Fsp3) is 0.100. The molecule has 0 saturated heterocycles. The predicted octanol–water partition coefficient (Wildman–Crippen LogP) is 2.85. The molecule has 0 radical (unpaired) electrons. The first-order chi connectivity index (χ1) is 6.24. The number of carbonyl (C=O) groups is 1. The van der Waals surface area contributed by atoms with E-state index in [1.807, 2.05) is 12.1 Å². The SMILES string of the molecule is C=CCC(=O)Nc1ccccc1Cl. The van der Waals surface area contributed by atoms with Gasteiger partial charge in [-0.05, 0) is 12.1 Å². The van der Waals surface area contributed by atoms with Crippen LogP contribution in [0.5, 0.6) is 0 Å². The lowest BCUT2D eigenvalue weighted by atomic mass is 10.3. The van der Waals surface area contributed by atoms with Crippen LogP contribution in [0.2, 0.25) is 5.02 Å². The van der Waals surface area contributed by atoms with E-state index < -0.39 is 0 Å². The number of amides is 1. The molecule has 1 aromatic rings. The summed E-state index contributed by atoms with van der Waals surface area (Å²) >= 11 is 5.83. The fourth-order valence-corrected chi connectivity index (χ4v) is 1.08. The molecular formula is C10H10ClNO. The molecule has 68 valence electrons. The number of hydrogen-bond acceptors (Lipinski definition) is 1. The van der Waals surface area contributed by atoms with Gasteiger partial charge in [0, 0.05) is 6.42 Å². The van der Waals surface area contributed by atoms with Crippen molar-refractivity contribution in [3.63, 3.8) is 0 Å². The summed E-state index contributed by atoms with van der Waals surface area (Å²) < 4.78 is 0. The number of carbonyl (C=O) groups excluding carboxylic acids is 1. The highest BCUT2D eigenvalue weighted by molar-refractivity contribution is 6.33. The molecular weight excluding hydrogens is 186 g/mol. The summed E-state index contributed by atoms with van der Waals surface area (Å²) in [6.45, 7) is 3.47. The van der Waals surface area contributed by atoms with Gasteiger partial charge >= 0.3 is 0 Å². The number of nitrogens with one attached hydrogen (secondary N) is 1. The van der Waals surface area contributed by atoms with Crippen molar-refractivity contribution in [3.8, 4) is 0 Å². The Bertz CT molecular complexity index is 322. The molecule has 1 amide bonds. The van der Waals surface area contributed by atoms with Gasteiger partial charge in [0.15, 0.2) is 0 Å². The van der Waals surface area contributed by atoms with Crippen molar-refractivity contribution in [3.05, 3.63) is 41.9 Å². The van der Waals surface area contributed by atoms with Gasteiger partial charge in [-0.2, -0.15) is 0 Å². The maximum absolute atomic E-state index is 11.1. The topological polar surface area (TPSA) is 29.1 Å². The van der Waals surface area contributed by atoms with E-state index in [1.54, 1.807) is 18.2 Å². The molecule has 3 heteroatoms. The first kappa shape index (κ1) is 9.81. The Morgan fingerprint density at radius 3 is 2.85 bits per heavy atom. The molecule has 1 N–H and O–H groups in total. The Labute approximate surface area is 82.2 Å². The molecule has 0 aromatic heterocycles. The number of rotatable bonds is 3. The van der Waals surface area contributed by atoms with Crippen LogP contribution in [-0.2, 0) is 4.79 Å². The van der Waals surface area contributed by atoms with Crippen LogP contribution in [0.25, 0.3) is 0 Å². The normalized spacial score (nSPS) is 9.31. The first-order valence-electron chi connectivity index (χ1n) is 3.89. The van der Waals surface area contributed by atoms with Gasteiger partial charge in [-0.1, -0.05) is 29.8 Å². The van der Waals surface area contributed by atoms with Gasteiger partial charge in [0.05, 0.1) is 10.7 Å². The van der Waals surface area contributed by atoms with Crippen LogP contribution in [0.15, 0.2) is 36.9 Å². The quantitative estimate of drug-likeness (QED) is 0.739. The van der Waals surface area contributed by atoms with Gasteiger partial charge in [-0.15, -0.1) is 6.58 Å². The maximum Gasteiger partial charge on any atom is 0.228 e. The summed E-state index contributed by atoms with van der Waals surface area (Å²) in [5.41, 5.74) is 0.635. The Morgan fingerprint density at radius 1 is 1.54 bits per heavy atom.